The van der Waals surface area contributed by atoms with E-state index in [9.17, 15) is 19.8 Å². The summed E-state index contributed by atoms with van der Waals surface area (Å²) in [5.41, 5.74) is 1.44. The molecule has 1 unspecified atom stereocenters. The lowest BCUT2D eigenvalue weighted by Crippen LogP contribution is -2.35. The summed E-state index contributed by atoms with van der Waals surface area (Å²) >= 11 is 0. The molecule has 0 amide bonds. The van der Waals surface area contributed by atoms with Gasteiger partial charge in [-0.25, -0.2) is 14.8 Å². The number of aliphatic hydroxyl groups is 1. The molecule has 5 rings (SSSR count). The number of hydrogen-bond donors (Lipinski definition) is 3. The summed E-state index contributed by atoms with van der Waals surface area (Å²) in [5.74, 6) is 0.0121. The zero-order chi connectivity index (χ0) is 22.9. The molecule has 4 heterocycles. The number of carbonyl (C=O) groups is 1. The van der Waals surface area contributed by atoms with Gasteiger partial charge in [0.15, 0.2) is 0 Å². The van der Waals surface area contributed by atoms with Crippen LogP contribution in [-0.2, 0) is 11.4 Å². The lowest BCUT2D eigenvalue weighted by Gasteiger charge is -2.23. The molecule has 0 aromatic carbocycles. The highest BCUT2D eigenvalue weighted by Gasteiger charge is 2.30. The number of anilines is 3. The molecule has 3 aromatic heterocycles. The largest absolute Gasteiger partial charge is 0.480 e. The number of rotatable bonds is 6. The van der Waals surface area contributed by atoms with Crippen molar-refractivity contribution in [3.8, 4) is 0 Å². The van der Waals surface area contributed by atoms with Gasteiger partial charge in [0.2, 0.25) is 5.95 Å². The number of nitrogens with zero attached hydrogens (tertiary/aromatic N) is 5. The first-order valence-electron chi connectivity index (χ1n) is 11.3. The number of nitrogens with one attached hydrogen (secondary N) is 1. The first-order chi connectivity index (χ1) is 16.0. The Morgan fingerprint density at radius 2 is 1.94 bits per heavy atom. The molecule has 1 aliphatic heterocycles. The highest BCUT2D eigenvalue weighted by Crippen LogP contribution is 2.31. The molecule has 33 heavy (non-hydrogen) atoms. The highest BCUT2D eigenvalue weighted by atomic mass is 16.4. The van der Waals surface area contributed by atoms with Gasteiger partial charge in [0, 0.05) is 29.7 Å². The van der Waals surface area contributed by atoms with Crippen molar-refractivity contribution in [1.29, 1.82) is 0 Å². The molecule has 1 atom stereocenters. The fourth-order valence-electron chi connectivity index (χ4n) is 4.93. The smallest absolute Gasteiger partial charge is 0.326 e. The molecule has 1 aliphatic carbocycles. The predicted molar refractivity (Wildman–Crippen MR) is 123 cm³/mol. The Morgan fingerprint density at radius 1 is 1.12 bits per heavy atom. The molecule has 10 heteroatoms. The molecule has 2 aliphatic rings. The van der Waals surface area contributed by atoms with Gasteiger partial charge in [-0.1, -0.05) is 12.8 Å². The number of aliphatic carboxylic acids is 1. The first kappa shape index (κ1) is 21.3. The first-order valence-corrected chi connectivity index (χ1v) is 11.3. The van der Waals surface area contributed by atoms with Crippen LogP contribution < -0.4 is 15.8 Å². The van der Waals surface area contributed by atoms with Gasteiger partial charge in [-0.3, -0.25) is 9.36 Å². The SMILES string of the molecule is O=C(O)C1CCCN1c1ccc(Nc2ncc3cc(CO)c(=O)n(C4CCCC4)c3n2)nc1. The lowest BCUT2D eigenvalue weighted by molar-refractivity contribution is -0.138. The van der Waals surface area contributed by atoms with E-state index in [-0.39, 0.29) is 18.2 Å². The average Bonchev–Trinajstić information content (AvgIpc) is 3.52. The fraction of sp³-hybridized carbons (Fsp3) is 0.435. The second kappa shape index (κ2) is 8.78. The van der Waals surface area contributed by atoms with E-state index in [2.05, 4.69) is 20.3 Å². The van der Waals surface area contributed by atoms with Gasteiger partial charge in [0.25, 0.3) is 5.56 Å². The Hall–Kier alpha value is -3.53. The maximum Gasteiger partial charge on any atom is 0.326 e. The van der Waals surface area contributed by atoms with Crippen molar-refractivity contribution in [1.82, 2.24) is 19.5 Å². The van der Waals surface area contributed by atoms with Crippen LogP contribution in [0.3, 0.4) is 0 Å². The average molecular weight is 450 g/mol. The third-order valence-corrected chi connectivity index (χ3v) is 6.56. The van der Waals surface area contributed by atoms with E-state index >= 15 is 0 Å². The van der Waals surface area contributed by atoms with Gasteiger partial charge in [0.1, 0.15) is 17.5 Å². The van der Waals surface area contributed by atoms with Crippen LogP contribution in [0.15, 0.2) is 35.4 Å². The minimum Gasteiger partial charge on any atom is -0.480 e. The number of carboxylic acid groups (broad SMARTS) is 1. The van der Waals surface area contributed by atoms with Crippen LogP contribution in [-0.4, -0.2) is 48.3 Å². The summed E-state index contributed by atoms with van der Waals surface area (Å²) in [5, 5.41) is 22.8. The molecule has 1 saturated carbocycles. The zero-order valence-corrected chi connectivity index (χ0v) is 18.1. The summed E-state index contributed by atoms with van der Waals surface area (Å²) in [6.07, 6.45) is 8.70. The monoisotopic (exact) mass is 450 g/mol. The number of aliphatic hydroxyl groups excluding tert-OH is 1. The fourth-order valence-corrected chi connectivity index (χ4v) is 4.93. The van der Waals surface area contributed by atoms with Crippen molar-refractivity contribution < 1.29 is 15.0 Å². The van der Waals surface area contributed by atoms with Gasteiger partial charge >= 0.3 is 5.97 Å². The van der Waals surface area contributed by atoms with Gasteiger partial charge in [-0.2, -0.15) is 4.98 Å². The summed E-state index contributed by atoms with van der Waals surface area (Å²) < 4.78 is 1.71. The number of hydrogen-bond acceptors (Lipinski definition) is 8. The quantitative estimate of drug-likeness (QED) is 0.518. The Labute approximate surface area is 189 Å². The van der Waals surface area contributed by atoms with Crippen LogP contribution in [0.4, 0.5) is 17.5 Å². The second-order valence-electron chi connectivity index (χ2n) is 8.63. The number of carboxylic acids is 1. The maximum atomic E-state index is 13.0. The predicted octanol–water partition coefficient (Wildman–Crippen LogP) is 2.59. The van der Waals surface area contributed by atoms with Gasteiger partial charge in [-0.05, 0) is 43.9 Å². The summed E-state index contributed by atoms with van der Waals surface area (Å²) in [4.78, 5) is 39.7. The van der Waals surface area contributed by atoms with Crippen molar-refractivity contribution in [3.63, 3.8) is 0 Å². The van der Waals surface area contributed by atoms with Crippen molar-refractivity contribution >= 4 is 34.5 Å². The van der Waals surface area contributed by atoms with Crippen molar-refractivity contribution in [2.45, 2.75) is 57.2 Å². The van der Waals surface area contributed by atoms with Crippen LogP contribution in [0.5, 0.6) is 0 Å². The molecule has 1 saturated heterocycles. The Bertz CT molecular complexity index is 1240. The van der Waals surface area contributed by atoms with Crippen LogP contribution in [0, 0.1) is 0 Å². The van der Waals surface area contributed by atoms with Crippen LogP contribution in [0.2, 0.25) is 0 Å². The number of pyridine rings is 2. The van der Waals surface area contributed by atoms with Crippen LogP contribution in [0.25, 0.3) is 11.0 Å². The van der Waals surface area contributed by atoms with E-state index < -0.39 is 12.0 Å². The van der Waals surface area contributed by atoms with Gasteiger partial charge in [0.05, 0.1) is 18.5 Å². The summed E-state index contributed by atoms with van der Waals surface area (Å²) in [6.45, 7) is 0.366. The topological polar surface area (TPSA) is 133 Å². The van der Waals surface area contributed by atoms with Gasteiger partial charge < -0.3 is 20.4 Å². The third kappa shape index (κ3) is 4.02. The van der Waals surface area contributed by atoms with E-state index in [1.165, 1.54) is 0 Å². The molecule has 0 spiro atoms. The van der Waals surface area contributed by atoms with E-state index in [0.29, 0.717) is 41.3 Å². The molecular formula is C23H26N6O4. The van der Waals surface area contributed by atoms with Crippen molar-refractivity contribution in [2.24, 2.45) is 0 Å². The van der Waals surface area contributed by atoms with Crippen LogP contribution >= 0.6 is 0 Å². The summed E-state index contributed by atoms with van der Waals surface area (Å²) in [6, 6.07) is 4.79. The molecular weight excluding hydrogens is 424 g/mol. The number of fused-ring (bicyclic) bond motifs is 1. The standard InChI is InChI=1S/C23H26N6O4/c30-13-15-10-14-11-25-23(27-20(14)29(21(15)31)16-4-1-2-5-16)26-19-8-7-17(12-24-19)28-9-3-6-18(28)22(32)33/h7-8,10-12,16,18,30H,1-6,9,13H2,(H,32,33)(H,24,25,26,27). The maximum absolute atomic E-state index is 13.0. The minimum atomic E-state index is -0.822. The number of aromatic nitrogens is 4. The minimum absolute atomic E-state index is 0.0642. The Morgan fingerprint density at radius 3 is 2.64 bits per heavy atom. The molecule has 0 bridgehead atoms. The van der Waals surface area contributed by atoms with E-state index in [0.717, 1.165) is 37.8 Å². The molecule has 3 aromatic rings. The van der Waals surface area contributed by atoms with E-state index in [4.69, 9.17) is 0 Å². The second-order valence-corrected chi connectivity index (χ2v) is 8.63. The van der Waals surface area contributed by atoms with E-state index in [1.807, 2.05) is 11.0 Å². The van der Waals surface area contributed by atoms with Gasteiger partial charge in [-0.15, -0.1) is 0 Å². The van der Waals surface area contributed by atoms with Crippen molar-refractivity contribution in [3.05, 3.63) is 46.5 Å². The molecule has 2 fully saturated rings. The normalized spacial score (nSPS) is 18.8. The molecule has 172 valence electrons. The van der Waals surface area contributed by atoms with Crippen molar-refractivity contribution in [2.75, 3.05) is 16.8 Å². The summed E-state index contributed by atoms with van der Waals surface area (Å²) in [7, 11) is 0. The molecule has 0 radical (unpaired) electrons. The Balaban J connectivity index is 1.44. The Kier molecular flexibility index (Phi) is 5.67. The zero-order valence-electron chi connectivity index (χ0n) is 18.1. The van der Waals surface area contributed by atoms with E-state index in [1.54, 1.807) is 29.1 Å². The highest BCUT2D eigenvalue weighted by molar-refractivity contribution is 5.79. The third-order valence-electron chi connectivity index (χ3n) is 6.56. The lowest BCUT2D eigenvalue weighted by atomic mass is 10.2. The van der Waals surface area contributed by atoms with Crippen LogP contribution in [0.1, 0.15) is 50.1 Å². The molecule has 3 N–H and O–H groups in total. The molecule has 10 nitrogen and oxygen atoms in total.